The number of fused-ring (bicyclic) bond motifs is 2. The molecule has 6 rings (SSSR count). The van der Waals surface area contributed by atoms with Gasteiger partial charge in [-0.3, -0.25) is 9.20 Å². The second-order valence-corrected chi connectivity index (χ2v) is 8.28. The lowest BCUT2D eigenvalue weighted by atomic mass is 10.1. The van der Waals surface area contributed by atoms with Gasteiger partial charge in [0.1, 0.15) is 17.9 Å². The van der Waals surface area contributed by atoms with Gasteiger partial charge in [-0.2, -0.15) is 0 Å². The monoisotopic (exact) mass is 475 g/mol. The first-order chi connectivity index (χ1) is 17.7. The lowest BCUT2D eigenvalue weighted by Gasteiger charge is -2.06. The highest BCUT2D eigenvalue weighted by Crippen LogP contribution is 2.27. The van der Waals surface area contributed by atoms with E-state index >= 15 is 0 Å². The third-order valence-corrected chi connectivity index (χ3v) is 5.77. The Bertz CT molecular complexity index is 1660. The van der Waals surface area contributed by atoms with Crippen molar-refractivity contribution in [3.63, 3.8) is 0 Å². The van der Waals surface area contributed by atoms with Gasteiger partial charge in [-0.25, -0.2) is 15.0 Å². The van der Waals surface area contributed by atoms with E-state index in [2.05, 4.69) is 20.3 Å². The average molecular weight is 476 g/mol. The molecular weight excluding hydrogens is 454 g/mol. The minimum absolute atomic E-state index is 0.202. The van der Waals surface area contributed by atoms with Crippen LogP contribution >= 0.6 is 0 Å². The number of imidazole rings is 1. The molecule has 176 valence electrons. The Labute approximate surface area is 206 Å². The van der Waals surface area contributed by atoms with Gasteiger partial charge in [-0.05, 0) is 35.4 Å². The van der Waals surface area contributed by atoms with E-state index in [-0.39, 0.29) is 5.91 Å². The number of carbonyl (C=O) groups excluding carboxylic acids is 1. The molecule has 0 bridgehead atoms. The number of rotatable bonds is 7. The van der Waals surface area contributed by atoms with Crippen LogP contribution < -0.4 is 10.1 Å². The maximum absolute atomic E-state index is 12.5. The van der Waals surface area contributed by atoms with E-state index in [1.807, 2.05) is 72.8 Å². The summed E-state index contributed by atoms with van der Waals surface area (Å²) in [5, 5.41) is 2.92. The lowest BCUT2D eigenvalue weighted by Crippen LogP contribution is -2.23. The molecule has 3 aromatic heterocycles. The maximum atomic E-state index is 12.5. The molecule has 0 atom stereocenters. The van der Waals surface area contributed by atoms with Gasteiger partial charge in [0, 0.05) is 43.0 Å². The van der Waals surface area contributed by atoms with E-state index in [1.165, 1.54) is 6.20 Å². The molecule has 0 aliphatic carbocycles. The van der Waals surface area contributed by atoms with Crippen LogP contribution in [0.2, 0.25) is 0 Å². The Morgan fingerprint density at radius 2 is 1.83 bits per heavy atom. The number of hydrogen-bond acceptors (Lipinski definition) is 6. The second-order valence-electron chi connectivity index (χ2n) is 8.28. The summed E-state index contributed by atoms with van der Waals surface area (Å²) in [4.78, 5) is 25.4. The van der Waals surface area contributed by atoms with Gasteiger partial charge in [-0.1, -0.05) is 42.5 Å². The van der Waals surface area contributed by atoms with Crippen LogP contribution in [0.3, 0.4) is 0 Å². The van der Waals surface area contributed by atoms with Crippen LogP contribution in [0.25, 0.3) is 28.3 Å². The number of aromatic nitrogens is 4. The van der Waals surface area contributed by atoms with Gasteiger partial charge in [-0.15, -0.1) is 0 Å². The molecule has 1 amide bonds. The molecule has 8 nitrogen and oxygen atoms in total. The predicted octanol–water partition coefficient (Wildman–Crippen LogP) is 5.05. The zero-order valence-electron chi connectivity index (χ0n) is 19.2. The third-order valence-electron chi connectivity index (χ3n) is 5.77. The highest BCUT2D eigenvalue weighted by atomic mass is 16.5. The summed E-state index contributed by atoms with van der Waals surface area (Å²) < 4.78 is 13.6. The van der Waals surface area contributed by atoms with E-state index in [9.17, 15) is 4.79 Å². The molecule has 0 unspecified atom stereocenters. The molecule has 3 heterocycles. The number of nitrogens with one attached hydrogen (secondary N) is 1. The van der Waals surface area contributed by atoms with E-state index in [0.29, 0.717) is 36.0 Å². The Morgan fingerprint density at radius 1 is 0.972 bits per heavy atom. The van der Waals surface area contributed by atoms with Crippen molar-refractivity contribution in [3.05, 3.63) is 114 Å². The number of ether oxygens (including phenoxy) is 1. The van der Waals surface area contributed by atoms with E-state index < -0.39 is 0 Å². The first-order valence-corrected chi connectivity index (χ1v) is 11.4. The fourth-order valence-electron chi connectivity index (χ4n) is 3.84. The molecule has 0 spiro atoms. The van der Waals surface area contributed by atoms with Crippen LogP contribution in [-0.2, 0) is 13.2 Å². The van der Waals surface area contributed by atoms with E-state index in [4.69, 9.17) is 9.15 Å². The van der Waals surface area contributed by atoms with Crippen molar-refractivity contribution in [3.8, 4) is 17.2 Å². The van der Waals surface area contributed by atoms with Gasteiger partial charge < -0.3 is 14.5 Å². The Balaban J connectivity index is 1.11. The Morgan fingerprint density at radius 3 is 2.69 bits per heavy atom. The van der Waals surface area contributed by atoms with Crippen molar-refractivity contribution in [2.45, 2.75) is 13.2 Å². The fourth-order valence-corrected chi connectivity index (χ4v) is 3.84. The van der Waals surface area contributed by atoms with Crippen molar-refractivity contribution in [1.29, 1.82) is 0 Å². The van der Waals surface area contributed by atoms with Crippen LogP contribution in [0.4, 0.5) is 0 Å². The Kier molecular flexibility index (Phi) is 5.59. The number of amides is 1. The number of hydrogen-bond donors (Lipinski definition) is 1. The SMILES string of the molecule is O=C(NCc1ccc(-c2nc3cc(OCc4ccccc4)ccc3o2)cc1)c1cnc2nccn2c1. The van der Waals surface area contributed by atoms with Gasteiger partial charge in [0.2, 0.25) is 11.7 Å². The molecule has 0 radical (unpaired) electrons. The van der Waals surface area contributed by atoms with Gasteiger partial charge >= 0.3 is 0 Å². The first-order valence-electron chi connectivity index (χ1n) is 11.4. The number of carbonyl (C=O) groups is 1. The summed E-state index contributed by atoms with van der Waals surface area (Å²) in [6.07, 6.45) is 6.62. The Hall–Kier alpha value is -4.98. The molecule has 8 heteroatoms. The van der Waals surface area contributed by atoms with Crippen molar-refractivity contribution >= 4 is 22.8 Å². The molecule has 0 saturated carbocycles. The van der Waals surface area contributed by atoms with Gasteiger partial charge in [0.15, 0.2) is 5.58 Å². The van der Waals surface area contributed by atoms with Gasteiger partial charge in [0.25, 0.3) is 5.91 Å². The minimum Gasteiger partial charge on any atom is -0.489 e. The zero-order chi connectivity index (χ0) is 24.3. The summed E-state index contributed by atoms with van der Waals surface area (Å²) in [6.45, 7) is 0.875. The quantitative estimate of drug-likeness (QED) is 0.347. The highest BCUT2D eigenvalue weighted by Gasteiger charge is 2.11. The summed E-state index contributed by atoms with van der Waals surface area (Å²) in [5.74, 6) is 1.61. The second kappa shape index (κ2) is 9.34. The summed E-state index contributed by atoms with van der Waals surface area (Å²) in [7, 11) is 0. The van der Waals surface area contributed by atoms with Crippen LogP contribution in [0.15, 0.2) is 102 Å². The molecule has 36 heavy (non-hydrogen) atoms. The van der Waals surface area contributed by atoms with Gasteiger partial charge in [0.05, 0.1) is 5.56 Å². The molecular formula is C28H21N5O3. The summed E-state index contributed by atoms with van der Waals surface area (Å²) in [5.41, 5.74) is 4.80. The summed E-state index contributed by atoms with van der Waals surface area (Å²) in [6, 6.07) is 23.4. The van der Waals surface area contributed by atoms with Crippen LogP contribution in [0, 0.1) is 0 Å². The van der Waals surface area contributed by atoms with Crippen LogP contribution in [0.1, 0.15) is 21.5 Å². The third kappa shape index (κ3) is 4.52. The van der Waals surface area contributed by atoms with E-state index in [1.54, 1.807) is 23.0 Å². The molecule has 0 aliphatic heterocycles. The fraction of sp³-hybridized carbons (Fsp3) is 0.0714. The minimum atomic E-state index is -0.202. The maximum Gasteiger partial charge on any atom is 0.254 e. The smallest absolute Gasteiger partial charge is 0.254 e. The van der Waals surface area contributed by atoms with Crippen molar-refractivity contribution in [1.82, 2.24) is 24.7 Å². The normalized spacial score (nSPS) is 11.1. The molecule has 0 saturated heterocycles. The standard InChI is InChI=1S/C28H21N5O3/c34-26(22-16-31-28-29-12-13-33(28)17-22)30-15-19-6-8-21(9-7-19)27-32-24-14-23(10-11-25(24)36-27)35-18-20-4-2-1-3-5-20/h1-14,16-17H,15,18H2,(H,30,34). The number of oxazole rings is 1. The van der Waals surface area contributed by atoms with E-state index in [0.717, 1.165) is 28.0 Å². The zero-order valence-corrected chi connectivity index (χ0v) is 19.2. The van der Waals surface area contributed by atoms with Crippen LogP contribution in [-0.4, -0.2) is 25.3 Å². The van der Waals surface area contributed by atoms with Crippen molar-refractivity contribution in [2.75, 3.05) is 0 Å². The predicted molar refractivity (Wildman–Crippen MR) is 134 cm³/mol. The van der Waals surface area contributed by atoms with Crippen molar-refractivity contribution in [2.24, 2.45) is 0 Å². The lowest BCUT2D eigenvalue weighted by molar-refractivity contribution is 0.0950. The topological polar surface area (TPSA) is 94.5 Å². The molecule has 1 N–H and O–H groups in total. The molecule has 6 aromatic rings. The number of nitrogens with zero attached hydrogens (tertiary/aromatic N) is 4. The van der Waals surface area contributed by atoms with Crippen molar-refractivity contribution < 1.29 is 13.9 Å². The van der Waals surface area contributed by atoms with Crippen LogP contribution in [0.5, 0.6) is 5.75 Å². The number of benzene rings is 3. The molecule has 0 aliphatic rings. The highest BCUT2D eigenvalue weighted by molar-refractivity contribution is 5.93. The largest absolute Gasteiger partial charge is 0.489 e. The average Bonchev–Trinajstić information content (AvgIpc) is 3.58. The molecule has 3 aromatic carbocycles. The molecule has 0 fully saturated rings. The summed E-state index contributed by atoms with van der Waals surface area (Å²) >= 11 is 0. The first kappa shape index (κ1) is 21.5.